The summed E-state index contributed by atoms with van der Waals surface area (Å²) < 4.78 is 21.3. The van der Waals surface area contributed by atoms with Crippen molar-refractivity contribution in [3.63, 3.8) is 0 Å². The van der Waals surface area contributed by atoms with Crippen LogP contribution in [0.4, 0.5) is 0 Å². The summed E-state index contributed by atoms with van der Waals surface area (Å²) in [4.78, 5) is 36.4. The average molecular weight is 466 g/mol. The minimum Gasteiger partial charge on any atom is -0.493 e. The van der Waals surface area contributed by atoms with Crippen LogP contribution in [0, 0.1) is 0 Å². The summed E-state index contributed by atoms with van der Waals surface area (Å²) in [5, 5.41) is 9.76. The molecule has 0 bridgehead atoms. The number of hydrogen-bond donors (Lipinski definition) is 1. The van der Waals surface area contributed by atoms with E-state index in [0.717, 1.165) is 12.0 Å². The molecular weight excluding hydrogens is 440 g/mol. The van der Waals surface area contributed by atoms with Crippen molar-refractivity contribution in [2.24, 2.45) is 0 Å². The Morgan fingerprint density at radius 2 is 1.68 bits per heavy atom. The van der Waals surface area contributed by atoms with Crippen LogP contribution >= 0.6 is 0 Å². The summed E-state index contributed by atoms with van der Waals surface area (Å²) in [6, 6.07) is 7.93. The summed E-state index contributed by atoms with van der Waals surface area (Å²) in [6.45, 7) is 3.98. The van der Waals surface area contributed by atoms with Crippen molar-refractivity contribution in [1.29, 1.82) is 0 Å². The third-order valence-corrected chi connectivity index (χ3v) is 5.63. The van der Waals surface area contributed by atoms with Crippen LogP contribution < -0.4 is 19.8 Å². The Hall–Kier alpha value is -4.07. The van der Waals surface area contributed by atoms with E-state index in [4.69, 9.17) is 18.6 Å². The zero-order chi connectivity index (χ0) is 25.0. The second-order valence-corrected chi connectivity index (χ2v) is 7.70. The number of aromatic carboxylic acids is 1. The molecule has 3 rings (SSSR count). The molecule has 0 saturated heterocycles. The molecule has 8 heteroatoms. The van der Waals surface area contributed by atoms with Crippen LogP contribution in [-0.2, 0) is 0 Å². The number of carbonyl (C=O) groups is 2. The van der Waals surface area contributed by atoms with Gasteiger partial charge in [0.2, 0.25) is 5.75 Å². The molecule has 8 nitrogen and oxygen atoms in total. The van der Waals surface area contributed by atoms with Crippen molar-refractivity contribution < 1.29 is 33.3 Å². The second kappa shape index (κ2) is 10.2. The van der Waals surface area contributed by atoms with Crippen molar-refractivity contribution >= 4 is 28.8 Å². The number of allylic oxidation sites excluding steroid dienone is 1. The van der Waals surface area contributed by atoms with Crippen LogP contribution in [-0.4, -0.2) is 38.2 Å². The number of rotatable bonds is 9. The van der Waals surface area contributed by atoms with Gasteiger partial charge in [-0.3, -0.25) is 4.79 Å². The molecule has 0 aliphatic heterocycles. The van der Waals surface area contributed by atoms with Gasteiger partial charge in [0.1, 0.15) is 11.1 Å². The van der Waals surface area contributed by atoms with Crippen LogP contribution in [0.25, 0.3) is 17.0 Å². The van der Waals surface area contributed by atoms with E-state index < -0.39 is 17.2 Å². The van der Waals surface area contributed by atoms with Crippen molar-refractivity contribution in [3.8, 4) is 17.2 Å². The summed E-state index contributed by atoms with van der Waals surface area (Å²) >= 11 is 0. The van der Waals surface area contributed by atoms with E-state index in [0.29, 0.717) is 39.3 Å². The van der Waals surface area contributed by atoms with Crippen LogP contribution in [0.5, 0.6) is 17.2 Å². The van der Waals surface area contributed by atoms with Crippen LogP contribution in [0.1, 0.15) is 58.0 Å². The van der Waals surface area contributed by atoms with Gasteiger partial charge >= 0.3 is 11.6 Å². The van der Waals surface area contributed by atoms with Gasteiger partial charge in [-0.2, -0.15) is 0 Å². The first-order chi connectivity index (χ1) is 16.2. The Labute approximate surface area is 196 Å². The molecule has 0 amide bonds. The summed E-state index contributed by atoms with van der Waals surface area (Å²) in [7, 11) is 4.42. The predicted octanol–water partition coefficient (Wildman–Crippen LogP) is 4.93. The van der Waals surface area contributed by atoms with Crippen LogP contribution in [0.3, 0.4) is 0 Å². The Morgan fingerprint density at radius 1 is 1.03 bits per heavy atom. The molecule has 0 spiro atoms. The Morgan fingerprint density at radius 3 is 2.21 bits per heavy atom. The molecule has 0 aliphatic rings. The molecule has 1 unspecified atom stereocenters. The molecular formula is C26H26O8. The molecule has 2 aromatic carbocycles. The van der Waals surface area contributed by atoms with Gasteiger partial charge in [0.15, 0.2) is 17.3 Å². The normalized spacial score (nSPS) is 12.0. The monoisotopic (exact) mass is 466 g/mol. The summed E-state index contributed by atoms with van der Waals surface area (Å²) in [5.41, 5.74) is 0.760. The number of benzene rings is 2. The zero-order valence-electron chi connectivity index (χ0n) is 19.6. The number of carbonyl (C=O) groups excluding carboxylic acids is 1. The van der Waals surface area contributed by atoms with Crippen molar-refractivity contribution in [1.82, 2.24) is 0 Å². The van der Waals surface area contributed by atoms with Crippen LogP contribution in [0.2, 0.25) is 0 Å². The quantitative estimate of drug-likeness (QED) is 0.268. The molecule has 0 fully saturated rings. The predicted molar refractivity (Wildman–Crippen MR) is 128 cm³/mol. The third-order valence-electron chi connectivity index (χ3n) is 5.63. The van der Waals surface area contributed by atoms with Gasteiger partial charge in [0.25, 0.3) is 0 Å². The first-order valence-electron chi connectivity index (χ1n) is 10.6. The maximum absolute atomic E-state index is 12.9. The Balaban J connectivity index is 2.08. The van der Waals surface area contributed by atoms with E-state index in [1.54, 1.807) is 24.3 Å². The molecule has 1 N–H and O–H groups in total. The van der Waals surface area contributed by atoms with E-state index in [9.17, 15) is 19.5 Å². The Kier molecular flexibility index (Phi) is 7.40. The van der Waals surface area contributed by atoms with E-state index in [1.807, 2.05) is 19.9 Å². The molecule has 0 aliphatic carbocycles. The minimum absolute atomic E-state index is 0.0421. The highest BCUT2D eigenvalue weighted by atomic mass is 16.5. The molecule has 1 aromatic heterocycles. The first-order valence-corrected chi connectivity index (χ1v) is 10.6. The van der Waals surface area contributed by atoms with Crippen LogP contribution in [0.15, 0.2) is 45.6 Å². The lowest BCUT2D eigenvalue weighted by Crippen LogP contribution is -2.13. The Bertz CT molecular complexity index is 1310. The number of methoxy groups -OCH3 is 3. The van der Waals surface area contributed by atoms with Gasteiger partial charge in [-0.05, 0) is 59.9 Å². The lowest BCUT2D eigenvalue weighted by Gasteiger charge is -2.13. The molecule has 0 radical (unpaired) electrons. The second-order valence-electron chi connectivity index (χ2n) is 7.70. The highest BCUT2D eigenvalue weighted by Gasteiger charge is 2.18. The van der Waals surface area contributed by atoms with Crippen molar-refractivity contribution in [2.45, 2.75) is 26.2 Å². The topological polar surface area (TPSA) is 112 Å². The lowest BCUT2D eigenvalue weighted by atomic mass is 9.93. The first kappa shape index (κ1) is 24.6. The highest BCUT2D eigenvalue weighted by molar-refractivity contribution is 6.07. The van der Waals surface area contributed by atoms with Gasteiger partial charge < -0.3 is 23.7 Å². The number of ether oxygens (including phenoxy) is 3. The summed E-state index contributed by atoms with van der Waals surface area (Å²) in [6.07, 6.45) is 3.80. The standard InChI is InChI=1S/C26H26O8/c1-6-14(2)18-10-15(9-17-11-19(25(28)29)26(30)34-23(17)18)7-8-20(27)16-12-21(31-3)24(33-5)22(13-16)32-4/h7-14H,6H2,1-5H3,(H,28,29)/b8-7+. The fraction of sp³-hybridized carbons (Fsp3) is 0.269. The largest absolute Gasteiger partial charge is 0.493 e. The van der Waals surface area contributed by atoms with E-state index in [-0.39, 0.29) is 11.7 Å². The van der Waals surface area contributed by atoms with E-state index in [2.05, 4.69) is 0 Å². The van der Waals surface area contributed by atoms with Gasteiger partial charge in [-0.15, -0.1) is 0 Å². The van der Waals surface area contributed by atoms with Crippen molar-refractivity contribution in [2.75, 3.05) is 21.3 Å². The van der Waals surface area contributed by atoms with E-state index >= 15 is 0 Å². The van der Waals surface area contributed by atoms with Gasteiger partial charge in [0, 0.05) is 10.9 Å². The van der Waals surface area contributed by atoms with Gasteiger partial charge in [0.05, 0.1) is 21.3 Å². The number of ketones is 1. The highest BCUT2D eigenvalue weighted by Crippen LogP contribution is 2.38. The number of fused-ring (bicyclic) bond motifs is 1. The third kappa shape index (κ3) is 4.80. The van der Waals surface area contributed by atoms with E-state index in [1.165, 1.54) is 33.5 Å². The van der Waals surface area contributed by atoms with Crippen molar-refractivity contribution in [3.05, 3.63) is 69.1 Å². The summed E-state index contributed by atoms with van der Waals surface area (Å²) in [5.74, 6) is -0.511. The molecule has 0 saturated carbocycles. The lowest BCUT2D eigenvalue weighted by molar-refractivity contribution is 0.0692. The molecule has 34 heavy (non-hydrogen) atoms. The smallest absolute Gasteiger partial charge is 0.351 e. The maximum Gasteiger partial charge on any atom is 0.351 e. The fourth-order valence-electron chi connectivity index (χ4n) is 3.61. The molecule has 1 heterocycles. The zero-order valence-corrected chi connectivity index (χ0v) is 19.6. The molecule has 178 valence electrons. The number of carboxylic acid groups (broad SMARTS) is 1. The fourth-order valence-corrected chi connectivity index (χ4v) is 3.61. The number of hydrogen-bond acceptors (Lipinski definition) is 7. The number of carboxylic acids is 1. The average Bonchev–Trinajstić information content (AvgIpc) is 2.84. The van der Waals surface area contributed by atoms with Gasteiger partial charge in [-0.25, -0.2) is 9.59 Å². The minimum atomic E-state index is -1.36. The molecule has 1 atom stereocenters. The maximum atomic E-state index is 12.9. The SMILES string of the molecule is CCC(C)c1cc(/C=C/C(=O)c2cc(OC)c(OC)c(OC)c2)cc2cc(C(=O)O)c(=O)oc12. The van der Waals surface area contributed by atoms with Gasteiger partial charge in [-0.1, -0.05) is 19.9 Å². The molecule has 3 aromatic rings.